The lowest BCUT2D eigenvalue weighted by Gasteiger charge is -2.57. The molecule has 0 unspecified atom stereocenters. The number of nitrogen functional groups attached to an aromatic ring is 1. The first-order valence-corrected chi connectivity index (χ1v) is 9.85. The fraction of sp³-hybridized carbons (Fsp3) is 0.737. The fourth-order valence-corrected chi connectivity index (χ4v) is 5.27. The molecular weight excluding hydrogens is 344 g/mol. The maximum absolute atomic E-state index is 12.8. The number of ether oxygens (including phenoxy) is 1. The molecule has 3 aliphatic rings. The van der Waals surface area contributed by atoms with Crippen molar-refractivity contribution in [2.45, 2.75) is 37.8 Å². The molecule has 3 saturated heterocycles. The number of nitrogens with zero attached hydrogens (tertiary/aromatic N) is 5. The number of methoxy groups -OCH3 is 1. The number of fused-ring (bicyclic) bond motifs is 4. The smallest absolute Gasteiger partial charge is 0.225 e. The highest BCUT2D eigenvalue weighted by atomic mass is 16.5. The van der Waals surface area contributed by atoms with Gasteiger partial charge in [0.25, 0.3) is 0 Å². The van der Waals surface area contributed by atoms with E-state index >= 15 is 0 Å². The van der Waals surface area contributed by atoms with Gasteiger partial charge in [-0.15, -0.1) is 0 Å². The number of hydrogen-bond donors (Lipinski definition) is 1. The van der Waals surface area contributed by atoms with Crippen molar-refractivity contribution in [2.24, 2.45) is 11.8 Å². The van der Waals surface area contributed by atoms with Crippen LogP contribution in [0.2, 0.25) is 0 Å². The molecule has 0 saturated carbocycles. The van der Waals surface area contributed by atoms with Crippen LogP contribution in [0, 0.1) is 11.8 Å². The summed E-state index contributed by atoms with van der Waals surface area (Å²) < 4.78 is 5.28. The van der Waals surface area contributed by atoms with Crippen molar-refractivity contribution in [3.05, 3.63) is 6.07 Å². The molecule has 0 spiro atoms. The summed E-state index contributed by atoms with van der Waals surface area (Å²) in [5.74, 6) is 2.81. The van der Waals surface area contributed by atoms with Gasteiger partial charge in [0, 0.05) is 44.2 Å². The summed E-state index contributed by atoms with van der Waals surface area (Å²) in [7, 11) is 5.77. The van der Waals surface area contributed by atoms with Crippen LogP contribution < -0.4 is 15.4 Å². The summed E-state index contributed by atoms with van der Waals surface area (Å²) in [4.78, 5) is 28.1. The summed E-state index contributed by atoms with van der Waals surface area (Å²) >= 11 is 0. The van der Waals surface area contributed by atoms with Crippen LogP contribution in [0.1, 0.15) is 25.7 Å². The predicted molar refractivity (Wildman–Crippen MR) is 104 cm³/mol. The summed E-state index contributed by atoms with van der Waals surface area (Å²) in [5, 5.41) is 0. The minimum Gasteiger partial charge on any atom is -0.481 e. The van der Waals surface area contributed by atoms with E-state index in [1.165, 1.54) is 6.42 Å². The lowest BCUT2D eigenvalue weighted by molar-refractivity contribution is -0.149. The quantitative estimate of drug-likeness (QED) is 0.835. The van der Waals surface area contributed by atoms with E-state index in [1.807, 2.05) is 6.07 Å². The van der Waals surface area contributed by atoms with Crippen LogP contribution in [-0.4, -0.2) is 78.6 Å². The fourth-order valence-electron chi connectivity index (χ4n) is 5.27. The molecule has 27 heavy (non-hydrogen) atoms. The van der Waals surface area contributed by atoms with E-state index in [0.717, 1.165) is 38.3 Å². The highest BCUT2D eigenvalue weighted by molar-refractivity contribution is 5.78. The topological polar surface area (TPSA) is 87.8 Å². The van der Waals surface area contributed by atoms with Gasteiger partial charge in [-0.1, -0.05) is 0 Å². The van der Waals surface area contributed by atoms with E-state index in [9.17, 15) is 4.79 Å². The third-order valence-electron chi connectivity index (χ3n) is 6.29. The van der Waals surface area contributed by atoms with Crippen molar-refractivity contribution in [1.29, 1.82) is 0 Å². The summed E-state index contributed by atoms with van der Waals surface area (Å²) in [5.41, 5.74) is 5.89. The molecule has 4 rings (SSSR count). The van der Waals surface area contributed by atoms with Gasteiger partial charge in [0.05, 0.1) is 7.11 Å². The lowest BCUT2D eigenvalue weighted by atomic mass is 9.72. The van der Waals surface area contributed by atoms with Crippen molar-refractivity contribution < 1.29 is 9.53 Å². The number of hydrogen-bond acceptors (Lipinski definition) is 7. The number of rotatable bonds is 4. The Labute approximate surface area is 160 Å². The third kappa shape index (κ3) is 3.42. The van der Waals surface area contributed by atoms with Gasteiger partial charge in [0.15, 0.2) is 0 Å². The maximum Gasteiger partial charge on any atom is 0.225 e. The summed E-state index contributed by atoms with van der Waals surface area (Å²) in [6.07, 6.45) is 3.99. The molecule has 148 valence electrons. The number of amides is 1. The first-order chi connectivity index (χ1) is 13.0. The number of carbonyl (C=O) groups excluding carboxylic acids is 1. The predicted octanol–water partition coefficient (Wildman–Crippen LogP) is 0.835. The molecule has 0 radical (unpaired) electrons. The highest BCUT2D eigenvalue weighted by Gasteiger charge is 2.49. The first-order valence-electron chi connectivity index (χ1n) is 9.85. The number of piperidine rings is 3. The molecule has 1 aromatic rings. The monoisotopic (exact) mass is 374 g/mol. The Morgan fingerprint density at radius 2 is 2.07 bits per heavy atom. The number of carbonyl (C=O) groups is 1. The lowest BCUT2D eigenvalue weighted by Crippen LogP contribution is -2.67. The van der Waals surface area contributed by atoms with Gasteiger partial charge in [-0.25, -0.2) is 0 Å². The minimum absolute atomic E-state index is 0.236. The van der Waals surface area contributed by atoms with Crippen LogP contribution in [0.15, 0.2) is 6.07 Å². The molecule has 3 fully saturated rings. The summed E-state index contributed by atoms with van der Waals surface area (Å²) in [6, 6.07) is 2.47. The van der Waals surface area contributed by atoms with Crippen LogP contribution in [-0.2, 0) is 4.79 Å². The number of nitrogens with two attached hydrogens (primary N) is 1. The van der Waals surface area contributed by atoms with Crippen LogP contribution >= 0.6 is 0 Å². The second kappa shape index (κ2) is 7.14. The molecule has 2 N–H and O–H groups in total. The largest absolute Gasteiger partial charge is 0.481 e. The van der Waals surface area contributed by atoms with Crippen LogP contribution in [0.25, 0.3) is 0 Å². The molecular formula is C19H30N6O2. The number of anilines is 2. The highest BCUT2D eigenvalue weighted by Crippen LogP contribution is 2.42. The van der Waals surface area contributed by atoms with E-state index in [2.05, 4.69) is 38.8 Å². The van der Waals surface area contributed by atoms with Crippen LogP contribution in [0.5, 0.6) is 5.88 Å². The SMILES string of the molecule is COc1cc(N2C[C@H]3C[C@@H](C2)[C@H](CN(C)C)N2C(=O)CCC[C@@H]32)nc(N)n1. The average Bonchev–Trinajstić information content (AvgIpc) is 2.64. The van der Waals surface area contributed by atoms with Gasteiger partial charge >= 0.3 is 0 Å². The Balaban J connectivity index is 1.64. The minimum atomic E-state index is 0.236. The van der Waals surface area contributed by atoms with Gasteiger partial charge in [-0.3, -0.25) is 4.79 Å². The molecule has 0 aromatic carbocycles. The van der Waals surface area contributed by atoms with Crippen molar-refractivity contribution >= 4 is 17.7 Å². The van der Waals surface area contributed by atoms with E-state index in [1.54, 1.807) is 7.11 Å². The standard InChI is InChI=1S/C19H30N6O2/c1-23(2)11-15-13-7-12(14-5-4-6-18(26)25(14)15)9-24(10-13)16-8-17(27-3)22-19(20)21-16/h8,12-15H,4-7,9-11H2,1-3H3,(H2,20,21,22)/t12-,13+,14+,15+/m1/s1. The van der Waals surface area contributed by atoms with E-state index in [4.69, 9.17) is 10.5 Å². The van der Waals surface area contributed by atoms with Crippen molar-refractivity contribution in [3.8, 4) is 5.88 Å². The van der Waals surface area contributed by atoms with Crippen LogP contribution in [0.4, 0.5) is 11.8 Å². The Morgan fingerprint density at radius 1 is 1.30 bits per heavy atom. The molecule has 4 heterocycles. The zero-order valence-electron chi connectivity index (χ0n) is 16.5. The van der Waals surface area contributed by atoms with Gasteiger partial charge in [0.1, 0.15) is 5.82 Å². The van der Waals surface area contributed by atoms with Crippen molar-refractivity contribution in [1.82, 2.24) is 19.8 Å². The molecule has 8 nitrogen and oxygen atoms in total. The van der Waals surface area contributed by atoms with Crippen molar-refractivity contribution in [2.75, 3.05) is 51.5 Å². The molecule has 1 amide bonds. The Bertz CT molecular complexity index is 711. The molecule has 2 bridgehead atoms. The molecule has 4 atom stereocenters. The number of likely N-dealkylation sites (N-methyl/N-ethyl adjacent to an activating group) is 1. The second-order valence-electron chi connectivity index (χ2n) is 8.38. The second-order valence-corrected chi connectivity index (χ2v) is 8.38. The molecule has 0 aliphatic carbocycles. The summed E-state index contributed by atoms with van der Waals surface area (Å²) in [6.45, 7) is 2.69. The Kier molecular flexibility index (Phi) is 4.84. The van der Waals surface area contributed by atoms with Crippen LogP contribution in [0.3, 0.4) is 0 Å². The third-order valence-corrected chi connectivity index (χ3v) is 6.29. The molecule has 1 aromatic heterocycles. The van der Waals surface area contributed by atoms with E-state index in [0.29, 0.717) is 36.1 Å². The van der Waals surface area contributed by atoms with Gasteiger partial charge in [-0.05, 0) is 45.2 Å². The number of aromatic nitrogens is 2. The van der Waals surface area contributed by atoms with E-state index < -0.39 is 0 Å². The molecule has 8 heteroatoms. The zero-order valence-corrected chi connectivity index (χ0v) is 16.5. The van der Waals surface area contributed by atoms with Gasteiger partial charge < -0.3 is 25.2 Å². The molecule has 3 aliphatic heterocycles. The van der Waals surface area contributed by atoms with Gasteiger partial charge in [-0.2, -0.15) is 9.97 Å². The Hall–Kier alpha value is -2.09. The van der Waals surface area contributed by atoms with Crippen molar-refractivity contribution in [3.63, 3.8) is 0 Å². The maximum atomic E-state index is 12.8. The normalized spacial score (nSPS) is 30.4. The average molecular weight is 374 g/mol. The zero-order chi connectivity index (χ0) is 19.1. The van der Waals surface area contributed by atoms with E-state index in [-0.39, 0.29) is 12.0 Å². The Morgan fingerprint density at radius 3 is 2.81 bits per heavy atom. The van der Waals surface area contributed by atoms with Gasteiger partial charge in [0.2, 0.25) is 17.7 Å². The first kappa shape index (κ1) is 18.3.